The number of ketones is 4. The highest BCUT2D eigenvalue weighted by Crippen LogP contribution is 2.42. The van der Waals surface area contributed by atoms with Crippen LogP contribution in [0.3, 0.4) is 0 Å². The first-order valence-corrected chi connectivity index (χ1v) is 32.3. The molecule has 75 heavy (non-hydrogen) atoms. The van der Waals surface area contributed by atoms with Crippen LogP contribution in [-0.2, 0) is 55.8 Å². The monoisotopic (exact) mass is 1160 g/mol. The molecule has 3 rings (SSSR count). The van der Waals surface area contributed by atoms with Crippen molar-refractivity contribution >= 4 is 114 Å². The fourth-order valence-corrected chi connectivity index (χ4v) is 13.9. The van der Waals surface area contributed by atoms with E-state index in [2.05, 4.69) is 21.3 Å². The number of carbonyl (C=O) groups is 8. The number of carbonyl (C=O) groups excluding carboxylic acids is 8. The number of ether oxygens (including phenoxy) is 5. The van der Waals surface area contributed by atoms with Crippen LogP contribution in [0.4, 0.5) is 9.59 Å². The highest BCUT2D eigenvalue weighted by molar-refractivity contribution is 8.77. The summed E-state index contributed by atoms with van der Waals surface area (Å²) in [6, 6.07) is 13.3. The minimum atomic E-state index is -0.812. The Labute approximate surface area is 467 Å². The van der Waals surface area contributed by atoms with E-state index in [1.54, 1.807) is 103 Å². The van der Waals surface area contributed by atoms with E-state index in [0.717, 1.165) is 24.0 Å². The Balaban J connectivity index is 1.31. The zero-order valence-corrected chi connectivity index (χ0v) is 48.9. The fourth-order valence-electron chi connectivity index (χ4n) is 7.07. The molecule has 4 N–H and O–H groups in total. The number of amides is 2. The van der Waals surface area contributed by atoms with Crippen LogP contribution < -0.4 is 30.7 Å². The maximum absolute atomic E-state index is 13.5. The van der Waals surface area contributed by atoms with Crippen LogP contribution in [-0.4, -0.2) is 158 Å². The van der Waals surface area contributed by atoms with Gasteiger partial charge < -0.3 is 45.0 Å². The van der Waals surface area contributed by atoms with Gasteiger partial charge in [-0.1, -0.05) is 74.4 Å². The number of benzene rings is 2. The summed E-state index contributed by atoms with van der Waals surface area (Å²) < 4.78 is 26.4. The Morgan fingerprint density at radius 1 is 0.573 bits per heavy atom. The van der Waals surface area contributed by atoms with E-state index in [4.69, 9.17) is 23.7 Å². The van der Waals surface area contributed by atoms with E-state index in [1.165, 1.54) is 35.4 Å². The molecule has 418 valence electrons. The van der Waals surface area contributed by atoms with Crippen LogP contribution in [0.15, 0.2) is 48.5 Å². The van der Waals surface area contributed by atoms with Crippen LogP contribution in [0.5, 0.6) is 11.5 Å². The second-order valence-corrected chi connectivity index (χ2v) is 25.5. The van der Waals surface area contributed by atoms with E-state index in [-0.39, 0.29) is 98.6 Å². The van der Waals surface area contributed by atoms with E-state index in [0.29, 0.717) is 88.9 Å². The second-order valence-electron chi connectivity index (χ2n) is 17.6. The summed E-state index contributed by atoms with van der Waals surface area (Å²) in [5, 5.41) is 12.7. The molecule has 2 amide bonds. The van der Waals surface area contributed by atoms with Gasteiger partial charge in [0, 0.05) is 83.3 Å². The predicted octanol–water partition coefficient (Wildman–Crippen LogP) is 7.84. The lowest BCUT2D eigenvalue weighted by Gasteiger charge is -2.37. The van der Waals surface area contributed by atoms with Gasteiger partial charge in [-0.25, -0.2) is 9.59 Å². The number of hydrogen-bond donors (Lipinski definition) is 4. The van der Waals surface area contributed by atoms with Crippen LogP contribution in [0.2, 0.25) is 0 Å². The summed E-state index contributed by atoms with van der Waals surface area (Å²) in [5.74, 6) is 3.45. The summed E-state index contributed by atoms with van der Waals surface area (Å²) in [6.45, 7) is 8.26. The summed E-state index contributed by atoms with van der Waals surface area (Å²) >= 11 is 3.51. The molecule has 6 atom stereocenters. The minimum absolute atomic E-state index is 0.0163. The number of likely N-dealkylation sites (N-methyl/N-ethyl adjacent to an activating group) is 2. The van der Waals surface area contributed by atoms with Gasteiger partial charge in [0.05, 0.1) is 31.2 Å². The van der Waals surface area contributed by atoms with Gasteiger partial charge in [0.15, 0.2) is 0 Å². The van der Waals surface area contributed by atoms with Crippen molar-refractivity contribution in [3.8, 4) is 11.5 Å². The van der Waals surface area contributed by atoms with Crippen LogP contribution >= 0.6 is 66.7 Å². The summed E-state index contributed by atoms with van der Waals surface area (Å²) in [5.41, 5.74) is 1.87. The van der Waals surface area contributed by atoms with Gasteiger partial charge in [-0.05, 0) is 102 Å². The highest BCUT2D eigenvalue weighted by atomic mass is 33.1. The molecular weight excluding hydrogens is 1080 g/mol. The fraction of sp³-hybridized carbons (Fsp3) is 0.615. The largest absolute Gasteiger partial charge is 0.513 e. The first-order valence-electron chi connectivity index (χ1n) is 25.2. The topological polar surface area (TPSA) is 231 Å². The molecule has 1 saturated carbocycles. The lowest BCUT2D eigenvalue weighted by molar-refractivity contribution is -0.129. The number of Topliss-reactive ketones (excluding diaryl/α,β-unsaturated/α-hetero) is 4. The summed E-state index contributed by atoms with van der Waals surface area (Å²) in [4.78, 5) is 98.7. The molecule has 1 aliphatic rings. The SMILES string of the molecule is CCC(CSC1CCC1SCC(CC(=O)CCOCCC(C)=O)C(=O)NCCSSCCOC(=O)Oc1ccc(CC(NC)C(C)=O)cc1)C(=O)NCCSSCCOC(=O)Oc1ccc(CC(NC)C(C)=O)cc1. The number of nitrogens with one attached hydrogen (secondary N) is 4. The molecular formula is C52H76N4O13S6. The standard InChI is InChI=1S/C52H76N4O13S6/c1-7-40(49(61)55-20-26-72-74-28-24-66-51(63)68-43-12-8-38(9-13-43)30-45(53-5)36(3)58)33-70-47-16-17-48(47)71-34-41(32-42(60)19-23-65-22-18-35(2)57)50(62)56-21-27-73-75-29-25-67-52(64)69-44-14-10-39(11-15-44)31-46(54-6)37(4)59/h8-15,40-41,45-48,53-54H,7,16-34H2,1-6H3,(H,55,61)(H,56,62). The van der Waals surface area contributed by atoms with E-state index in [1.807, 2.05) is 19.1 Å². The molecule has 0 radical (unpaired) electrons. The molecule has 0 spiro atoms. The van der Waals surface area contributed by atoms with Gasteiger partial charge in [-0.15, -0.1) is 0 Å². The molecule has 0 saturated heterocycles. The number of thioether (sulfide) groups is 2. The van der Waals surface area contributed by atoms with Crippen molar-refractivity contribution in [2.75, 3.05) is 88.1 Å². The zero-order chi connectivity index (χ0) is 54.8. The Kier molecular flexibility index (Phi) is 34.3. The van der Waals surface area contributed by atoms with Gasteiger partial charge in [-0.2, -0.15) is 23.5 Å². The van der Waals surface area contributed by atoms with Crippen molar-refractivity contribution in [1.29, 1.82) is 0 Å². The zero-order valence-electron chi connectivity index (χ0n) is 44.0. The molecule has 17 nitrogen and oxygen atoms in total. The summed E-state index contributed by atoms with van der Waals surface area (Å²) in [6.07, 6.45) is 2.73. The lowest BCUT2D eigenvalue weighted by atomic mass is 9.99. The molecule has 2 aromatic rings. The van der Waals surface area contributed by atoms with E-state index >= 15 is 0 Å². The quantitative estimate of drug-likeness (QED) is 0.0215. The Hall–Kier alpha value is -3.42. The summed E-state index contributed by atoms with van der Waals surface area (Å²) in [7, 11) is 9.63. The Morgan fingerprint density at radius 3 is 1.41 bits per heavy atom. The minimum Gasteiger partial charge on any atom is -0.433 e. The molecule has 6 unspecified atom stereocenters. The average molecular weight is 1160 g/mol. The van der Waals surface area contributed by atoms with E-state index < -0.39 is 18.2 Å². The van der Waals surface area contributed by atoms with Gasteiger partial charge in [0.1, 0.15) is 47.8 Å². The van der Waals surface area contributed by atoms with Crippen molar-refractivity contribution in [1.82, 2.24) is 21.3 Å². The highest BCUT2D eigenvalue weighted by Gasteiger charge is 2.34. The normalized spacial score (nSPS) is 15.5. The van der Waals surface area contributed by atoms with Crippen LogP contribution in [0.25, 0.3) is 0 Å². The van der Waals surface area contributed by atoms with E-state index in [9.17, 15) is 38.4 Å². The maximum atomic E-state index is 13.5. The van der Waals surface area contributed by atoms with Crippen LogP contribution in [0.1, 0.15) is 77.3 Å². The van der Waals surface area contributed by atoms with Gasteiger partial charge in [0.2, 0.25) is 11.8 Å². The lowest BCUT2D eigenvalue weighted by Crippen LogP contribution is -2.38. The molecule has 23 heteroatoms. The molecule has 1 aliphatic carbocycles. The van der Waals surface area contributed by atoms with Crippen LogP contribution in [0, 0.1) is 11.8 Å². The second kappa shape index (κ2) is 39.0. The van der Waals surface area contributed by atoms with Crippen molar-refractivity contribution in [2.45, 2.75) is 102 Å². The average Bonchev–Trinajstić information content (AvgIpc) is 3.37. The van der Waals surface area contributed by atoms with Gasteiger partial charge >= 0.3 is 12.3 Å². The van der Waals surface area contributed by atoms with Gasteiger partial charge in [-0.3, -0.25) is 28.8 Å². The van der Waals surface area contributed by atoms with Crippen molar-refractivity contribution in [3.63, 3.8) is 0 Å². The Morgan fingerprint density at radius 2 is 1.00 bits per heavy atom. The number of hydrogen-bond acceptors (Lipinski definition) is 21. The third-order valence-electron chi connectivity index (χ3n) is 11.7. The smallest absolute Gasteiger partial charge is 0.433 e. The first kappa shape index (κ1) is 65.9. The Bertz CT molecular complexity index is 2070. The molecule has 0 bridgehead atoms. The number of rotatable bonds is 41. The van der Waals surface area contributed by atoms with Gasteiger partial charge in [0.25, 0.3) is 0 Å². The third kappa shape index (κ3) is 28.7. The van der Waals surface area contributed by atoms with Crippen molar-refractivity contribution < 1.29 is 62.0 Å². The molecule has 1 fully saturated rings. The maximum Gasteiger partial charge on any atom is 0.513 e. The molecule has 2 aromatic carbocycles. The third-order valence-corrected chi connectivity index (χ3v) is 19.8. The van der Waals surface area contributed by atoms with Crippen molar-refractivity contribution in [2.24, 2.45) is 11.8 Å². The molecule has 0 heterocycles. The van der Waals surface area contributed by atoms with Crippen molar-refractivity contribution in [3.05, 3.63) is 59.7 Å². The first-order chi connectivity index (χ1) is 36.1. The molecule has 0 aliphatic heterocycles. The molecule has 0 aromatic heterocycles. The predicted molar refractivity (Wildman–Crippen MR) is 307 cm³/mol.